The maximum atomic E-state index is 12.2. The van der Waals surface area contributed by atoms with Crippen molar-refractivity contribution in [1.29, 1.82) is 0 Å². The monoisotopic (exact) mass is 338 g/mol. The van der Waals surface area contributed by atoms with Gasteiger partial charge in [0, 0.05) is 6.42 Å². The van der Waals surface area contributed by atoms with Crippen LogP contribution in [0.3, 0.4) is 0 Å². The molecular formula is C19H22N4O2. The Hall–Kier alpha value is -2.89. The molecule has 2 aromatic rings. The lowest BCUT2D eigenvalue weighted by Gasteiger charge is -2.09. The molecule has 0 spiro atoms. The number of rotatable bonds is 6. The van der Waals surface area contributed by atoms with Gasteiger partial charge in [-0.15, -0.1) is 5.10 Å². The minimum absolute atomic E-state index is 0.364. The van der Waals surface area contributed by atoms with Crippen molar-refractivity contribution in [2.75, 3.05) is 5.32 Å². The number of hydrogen-bond donors (Lipinski definition) is 1. The van der Waals surface area contributed by atoms with Crippen LogP contribution in [-0.4, -0.2) is 20.9 Å². The summed E-state index contributed by atoms with van der Waals surface area (Å²) in [6.07, 6.45) is 9.80. The van der Waals surface area contributed by atoms with E-state index in [0.29, 0.717) is 17.5 Å². The summed E-state index contributed by atoms with van der Waals surface area (Å²) < 4.78 is 6.96. The third-order valence-corrected chi connectivity index (χ3v) is 3.79. The van der Waals surface area contributed by atoms with E-state index in [1.54, 1.807) is 10.8 Å². The van der Waals surface area contributed by atoms with Gasteiger partial charge in [0.25, 0.3) is 0 Å². The highest BCUT2D eigenvalue weighted by atomic mass is 16.6. The highest BCUT2D eigenvalue weighted by Gasteiger charge is 2.15. The second-order valence-corrected chi connectivity index (χ2v) is 5.80. The van der Waals surface area contributed by atoms with Crippen LogP contribution < -0.4 is 5.32 Å². The van der Waals surface area contributed by atoms with E-state index in [1.807, 2.05) is 42.5 Å². The maximum absolute atomic E-state index is 12.2. The molecule has 6 heteroatoms. The SMILES string of the molecule is CCCCc1nc(NC(=O)OC2=CCCC=C2)n(-c2ccccc2)n1. The van der Waals surface area contributed by atoms with Gasteiger partial charge in [0.1, 0.15) is 5.76 Å². The van der Waals surface area contributed by atoms with Gasteiger partial charge in [-0.25, -0.2) is 4.79 Å². The Balaban J connectivity index is 1.78. The van der Waals surface area contributed by atoms with Gasteiger partial charge < -0.3 is 4.74 Å². The van der Waals surface area contributed by atoms with Crippen molar-refractivity contribution in [2.24, 2.45) is 0 Å². The molecular weight excluding hydrogens is 316 g/mol. The number of benzene rings is 1. The highest BCUT2D eigenvalue weighted by molar-refractivity contribution is 5.83. The van der Waals surface area contributed by atoms with Crippen molar-refractivity contribution in [1.82, 2.24) is 14.8 Å². The normalized spacial score (nSPS) is 13.4. The van der Waals surface area contributed by atoms with E-state index in [9.17, 15) is 4.79 Å². The van der Waals surface area contributed by atoms with Crippen LogP contribution in [0.1, 0.15) is 38.4 Å². The molecule has 1 N–H and O–H groups in total. The lowest BCUT2D eigenvalue weighted by Crippen LogP contribution is -2.17. The minimum atomic E-state index is -0.565. The number of allylic oxidation sites excluding steroid dienone is 3. The Labute approximate surface area is 147 Å². The summed E-state index contributed by atoms with van der Waals surface area (Å²) in [4.78, 5) is 16.7. The van der Waals surface area contributed by atoms with Crippen LogP contribution in [0.25, 0.3) is 5.69 Å². The Kier molecular flexibility index (Phi) is 5.61. The number of aromatic nitrogens is 3. The summed E-state index contributed by atoms with van der Waals surface area (Å²) in [5.41, 5.74) is 0.838. The highest BCUT2D eigenvalue weighted by Crippen LogP contribution is 2.16. The number of nitrogens with zero attached hydrogens (tertiary/aromatic N) is 3. The molecule has 0 radical (unpaired) electrons. The fourth-order valence-electron chi connectivity index (χ4n) is 2.51. The molecule has 1 amide bonds. The first kappa shape index (κ1) is 17.0. The molecule has 0 atom stereocenters. The van der Waals surface area contributed by atoms with Gasteiger partial charge in [0.2, 0.25) is 5.95 Å². The smallest absolute Gasteiger partial charge is 0.410 e. The second-order valence-electron chi connectivity index (χ2n) is 5.80. The lowest BCUT2D eigenvalue weighted by molar-refractivity contribution is 0.194. The van der Waals surface area contributed by atoms with Gasteiger partial charge in [-0.3, -0.25) is 5.32 Å². The molecule has 0 fully saturated rings. The largest absolute Gasteiger partial charge is 0.419 e. The lowest BCUT2D eigenvalue weighted by atomic mass is 10.2. The number of anilines is 1. The molecule has 1 aromatic heterocycles. The number of unbranched alkanes of at least 4 members (excludes halogenated alkanes) is 1. The summed E-state index contributed by atoms with van der Waals surface area (Å²) in [6, 6.07) is 9.61. The summed E-state index contributed by atoms with van der Waals surface area (Å²) in [5, 5.41) is 7.23. The van der Waals surface area contributed by atoms with E-state index in [2.05, 4.69) is 22.3 Å². The number of para-hydroxylation sites is 1. The quantitative estimate of drug-likeness (QED) is 0.848. The zero-order valence-corrected chi connectivity index (χ0v) is 14.3. The number of carbonyl (C=O) groups is 1. The number of nitrogens with one attached hydrogen (secondary N) is 1. The fraction of sp³-hybridized carbons (Fsp3) is 0.316. The zero-order valence-electron chi connectivity index (χ0n) is 14.3. The molecule has 1 heterocycles. The molecule has 0 unspecified atom stereocenters. The van der Waals surface area contributed by atoms with Gasteiger partial charge in [0.05, 0.1) is 5.69 Å². The first-order chi connectivity index (χ1) is 12.3. The Morgan fingerprint density at radius 2 is 2.12 bits per heavy atom. The van der Waals surface area contributed by atoms with Gasteiger partial charge in [0.15, 0.2) is 5.82 Å². The molecule has 1 aliphatic rings. The van der Waals surface area contributed by atoms with Crippen LogP contribution in [0.15, 0.2) is 54.3 Å². The summed E-state index contributed by atoms with van der Waals surface area (Å²) in [5.74, 6) is 1.63. The van der Waals surface area contributed by atoms with Crippen molar-refractivity contribution in [3.8, 4) is 5.69 Å². The number of ether oxygens (including phenoxy) is 1. The van der Waals surface area contributed by atoms with E-state index >= 15 is 0 Å². The van der Waals surface area contributed by atoms with Gasteiger partial charge in [-0.1, -0.05) is 37.6 Å². The molecule has 1 aromatic carbocycles. The molecule has 6 nitrogen and oxygen atoms in total. The number of aryl methyl sites for hydroxylation is 1. The van der Waals surface area contributed by atoms with Crippen LogP contribution in [0, 0.1) is 0 Å². The molecule has 130 valence electrons. The minimum Gasteiger partial charge on any atom is -0.410 e. The maximum Gasteiger partial charge on any atom is 0.419 e. The van der Waals surface area contributed by atoms with E-state index in [0.717, 1.165) is 37.8 Å². The molecule has 0 saturated carbocycles. The Bertz CT molecular complexity index is 778. The van der Waals surface area contributed by atoms with Crippen molar-refractivity contribution < 1.29 is 9.53 Å². The standard InChI is InChI=1S/C19H22N4O2/c1-2-3-14-17-20-18(23(22-17)15-10-6-4-7-11-15)21-19(24)25-16-12-8-5-9-13-16/h4,6-8,10-13H,2-3,5,9,14H2,1H3,(H,20,21,22,24). The van der Waals surface area contributed by atoms with Crippen molar-refractivity contribution in [2.45, 2.75) is 39.0 Å². The number of amides is 1. The van der Waals surface area contributed by atoms with Crippen LogP contribution in [0.4, 0.5) is 10.7 Å². The van der Waals surface area contributed by atoms with Crippen molar-refractivity contribution in [3.63, 3.8) is 0 Å². The third kappa shape index (κ3) is 4.56. The van der Waals surface area contributed by atoms with Crippen LogP contribution >= 0.6 is 0 Å². The van der Waals surface area contributed by atoms with Crippen LogP contribution in [-0.2, 0) is 11.2 Å². The Morgan fingerprint density at radius 3 is 2.84 bits per heavy atom. The first-order valence-corrected chi connectivity index (χ1v) is 8.63. The molecule has 0 saturated heterocycles. The molecule has 1 aliphatic carbocycles. The van der Waals surface area contributed by atoms with E-state index in [4.69, 9.17) is 4.74 Å². The topological polar surface area (TPSA) is 69.0 Å². The third-order valence-electron chi connectivity index (χ3n) is 3.79. The predicted octanol–water partition coefficient (Wildman–Crippen LogP) is 4.39. The summed E-state index contributed by atoms with van der Waals surface area (Å²) >= 11 is 0. The van der Waals surface area contributed by atoms with Gasteiger partial charge in [-0.2, -0.15) is 9.67 Å². The molecule has 25 heavy (non-hydrogen) atoms. The van der Waals surface area contributed by atoms with Crippen molar-refractivity contribution in [3.05, 3.63) is 60.1 Å². The van der Waals surface area contributed by atoms with E-state index in [1.165, 1.54) is 0 Å². The summed E-state index contributed by atoms with van der Waals surface area (Å²) in [7, 11) is 0. The predicted molar refractivity (Wildman–Crippen MR) is 96.5 cm³/mol. The number of hydrogen-bond acceptors (Lipinski definition) is 4. The average Bonchev–Trinajstić information content (AvgIpc) is 3.04. The molecule has 0 bridgehead atoms. The van der Waals surface area contributed by atoms with Gasteiger partial charge >= 0.3 is 6.09 Å². The Morgan fingerprint density at radius 1 is 1.28 bits per heavy atom. The molecule has 3 rings (SSSR count). The first-order valence-electron chi connectivity index (χ1n) is 8.63. The van der Waals surface area contributed by atoms with E-state index in [-0.39, 0.29) is 0 Å². The second kappa shape index (κ2) is 8.28. The summed E-state index contributed by atoms with van der Waals surface area (Å²) in [6.45, 7) is 2.12. The fourth-order valence-corrected chi connectivity index (χ4v) is 2.51. The zero-order chi connectivity index (χ0) is 17.5. The van der Waals surface area contributed by atoms with Gasteiger partial charge in [-0.05, 0) is 43.5 Å². The molecule has 0 aliphatic heterocycles. The van der Waals surface area contributed by atoms with E-state index < -0.39 is 6.09 Å². The van der Waals surface area contributed by atoms with Crippen LogP contribution in [0.2, 0.25) is 0 Å². The van der Waals surface area contributed by atoms with Crippen LogP contribution in [0.5, 0.6) is 0 Å². The number of carbonyl (C=O) groups excluding carboxylic acids is 1. The van der Waals surface area contributed by atoms with Crippen molar-refractivity contribution >= 4 is 12.0 Å². The average molecular weight is 338 g/mol.